The van der Waals surface area contributed by atoms with Crippen molar-refractivity contribution >= 4 is 33.5 Å². The lowest BCUT2D eigenvalue weighted by atomic mass is 10.1. The van der Waals surface area contributed by atoms with Crippen LogP contribution in [0.4, 0.5) is 5.69 Å². The maximum Gasteiger partial charge on any atom is 0.254 e. The van der Waals surface area contributed by atoms with Crippen LogP contribution in [0.3, 0.4) is 0 Å². The van der Waals surface area contributed by atoms with Gasteiger partial charge in [-0.15, -0.1) is 0 Å². The van der Waals surface area contributed by atoms with Crippen LogP contribution in [0.5, 0.6) is 0 Å². The van der Waals surface area contributed by atoms with Gasteiger partial charge < -0.3 is 4.72 Å². The lowest BCUT2D eigenvalue weighted by molar-refractivity contribution is 0.108. The number of benzene rings is 1. The topological polar surface area (TPSA) is 46.2 Å². The van der Waals surface area contributed by atoms with E-state index in [2.05, 4.69) is 4.72 Å². The van der Waals surface area contributed by atoms with Gasteiger partial charge in [0, 0.05) is 6.26 Å². The second-order valence-corrected chi connectivity index (χ2v) is 4.33. The number of anilines is 1. The Kier molecular flexibility index (Phi) is 7.01. The van der Waals surface area contributed by atoms with Crippen molar-refractivity contribution in [3.63, 3.8) is 0 Å². The fraction of sp³-hybridized carbons (Fsp3) is 0.364. The number of aryl methyl sites for hydroxylation is 1. The summed E-state index contributed by atoms with van der Waals surface area (Å²) in [7, 11) is -1.21. The molecule has 0 aliphatic heterocycles. The van der Waals surface area contributed by atoms with Crippen LogP contribution in [0.1, 0.15) is 29.8 Å². The molecule has 0 fully saturated rings. The van der Waals surface area contributed by atoms with E-state index in [0.29, 0.717) is 11.3 Å². The van der Waals surface area contributed by atoms with Gasteiger partial charge in [0.05, 0.1) is 11.3 Å². The fourth-order valence-electron chi connectivity index (χ4n) is 1.06. The van der Waals surface area contributed by atoms with Gasteiger partial charge in [-0.2, -0.15) is 0 Å². The van der Waals surface area contributed by atoms with Crippen LogP contribution in [-0.2, 0) is 11.0 Å². The molecule has 0 saturated heterocycles. The van der Waals surface area contributed by atoms with E-state index in [0.717, 1.165) is 5.56 Å². The molecule has 1 aromatic carbocycles. The zero-order valence-electron chi connectivity index (χ0n) is 9.83. The van der Waals surface area contributed by atoms with E-state index in [9.17, 15) is 9.00 Å². The number of rotatable bonds is 3. The summed E-state index contributed by atoms with van der Waals surface area (Å²) in [4.78, 5) is 11.0. The van der Waals surface area contributed by atoms with Gasteiger partial charge in [0.25, 0.3) is 5.24 Å². The average molecular weight is 262 g/mol. The molecule has 0 bridgehead atoms. The lowest BCUT2D eigenvalue weighted by Crippen LogP contribution is -2.05. The number of carbonyl (C=O) groups is 1. The molecule has 1 aromatic rings. The van der Waals surface area contributed by atoms with Crippen molar-refractivity contribution in [3.8, 4) is 0 Å². The molecule has 0 heterocycles. The molecule has 0 spiro atoms. The quantitative estimate of drug-likeness (QED) is 0.850. The number of carbonyl (C=O) groups excluding carboxylic acids is 1. The van der Waals surface area contributed by atoms with Crippen LogP contribution >= 0.6 is 11.6 Å². The highest BCUT2D eigenvalue weighted by Crippen LogP contribution is 2.19. The highest BCUT2D eigenvalue weighted by molar-refractivity contribution is 7.85. The van der Waals surface area contributed by atoms with E-state index in [1.54, 1.807) is 12.1 Å². The second-order valence-electron chi connectivity index (χ2n) is 2.88. The number of hydrogen-bond donors (Lipinski definition) is 1. The molecule has 1 rings (SSSR count). The van der Waals surface area contributed by atoms with E-state index < -0.39 is 16.2 Å². The van der Waals surface area contributed by atoms with E-state index >= 15 is 0 Å². The molecule has 0 aliphatic carbocycles. The van der Waals surface area contributed by atoms with E-state index in [4.69, 9.17) is 11.6 Å². The summed E-state index contributed by atoms with van der Waals surface area (Å²) in [6, 6.07) is 5.16. The fourth-order valence-corrected chi connectivity index (χ4v) is 1.71. The molecule has 0 aromatic heterocycles. The van der Waals surface area contributed by atoms with Crippen LogP contribution in [-0.4, -0.2) is 15.7 Å². The van der Waals surface area contributed by atoms with Crippen molar-refractivity contribution in [2.24, 2.45) is 0 Å². The maximum absolute atomic E-state index is 11.0. The Hall–Kier alpha value is -0.870. The van der Waals surface area contributed by atoms with Gasteiger partial charge in [0.1, 0.15) is 11.0 Å². The van der Waals surface area contributed by atoms with Crippen molar-refractivity contribution in [2.45, 2.75) is 20.8 Å². The summed E-state index contributed by atoms with van der Waals surface area (Å²) in [5, 5.41) is -0.554. The van der Waals surface area contributed by atoms with Crippen LogP contribution in [0.15, 0.2) is 18.2 Å². The van der Waals surface area contributed by atoms with Crippen LogP contribution in [0.25, 0.3) is 0 Å². The first kappa shape index (κ1) is 15.1. The van der Waals surface area contributed by atoms with Gasteiger partial charge in [-0.1, -0.05) is 25.5 Å². The second kappa shape index (κ2) is 7.41. The van der Waals surface area contributed by atoms with Crippen LogP contribution in [0.2, 0.25) is 0 Å². The van der Waals surface area contributed by atoms with Gasteiger partial charge in [0.2, 0.25) is 0 Å². The molecule has 0 aliphatic rings. The van der Waals surface area contributed by atoms with Crippen molar-refractivity contribution < 1.29 is 9.00 Å². The van der Waals surface area contributed by atoms with Crippen molar-refractivity contribution in [1.29, 1.82) is 0 Å². The molecule has 1 N–H and O–H groups in total. The molecule has 0 radical (unpaired) electrons. The third-order valence-corrected chi connectivity index (χ3v) is 2.35. The lowest BCUT2D eigenvalue weighted by Gasteiger charge is -2.07. The average Bonchev–Trinajstić information content (AvgIpc) is 2.23. The molecular formula is C11H16ClNO2S. The Balaban J connectivity index is 0.00000106. The summed E-state index contributed by atoms with van der Waals surface area (Å²) in [6.45, 7) is 5.86. The highest BCUT2D eigenvalue weighted by atomic mass is 35.5. The van der Waals surface area contributed by atoms with Crippen molar-refractivity contribution in [3.05, 3.63) is 29.3 Å². The molecular weight excluding hydrogens is 246 g/mol. The molecule has 90 valence electrons. The number of hydrogen-bond acceptors (Lipinski definition) is 2. The van der Waals surface area contributed by atoms with E-state index in [-0.39, 0.29) is 0 Å². The normalized spacial score (nSPS) is 11.1. The minimum Gasteiger partial charge on any atom is -0.305 e. The standard InChI is InChI=1S/C9H10ClNO2S.C2H6/c1-6-3-4-8(11-14(2)13)7(5-6)9(10)12;1-2/h3-5,11H,1-2H3;1-2H3. The zero-order chi connectivity index (χ0) is 12.7. The third-order valence-electron chi connectivity index (χ3n) is 1.64. The van der Waals surface area contributed by atoms with E-state index in [1.165, 1.54) is 6.26 Å². The monoisotopic (exact) mass is 261 g/mol. The molecule has 5 heteroatoms. The molecule has 3 nitrogen and oxygen atoms in total. The molecule has 1 unspecified atom stereocenters. The summed E-state index contributed by atoms with van der Waals surface area (Å²) in [5.74, 6) is 0. The van der Waals surface area contributed by atoms with Gasteiger partial charge in [-0.25, -0.2) is 4.21 Å². The Morgan fingerprint density at radius 1 is 1.38 bits per heavy atom. The number of halogens is 1. The SMILES string of the molecule is CC.Cc1ccc(NS(C)=O)c(C(=O)Cl)c1. The van der Waals surface area contributed by atoms with Crippen molar-refractivity contribution in [2.75, 3.05) is 11.0 Å². The van der Waals surface area contributed by atoms with Gasteiger partial charge in [-0.05, 0) is 30.7 Å². The van der Waals surface area contributed by atoms with Crippen molar-refractivity contribution in [1.82, 2.24) is 0 Å². The summed E-state index contributed by atoms with van der Waals surface area (Å²) < 4.78 is 13.6. The predicted octanol–water partition coefficient (Wildman–Crippen LogP) is 3.11. The molecule has 16 heavy (non-hydrogen) atoms. The minimum atomic E-state index is -1.21. The summed E-state index contributed by atoms with van der Waals surface area (Å²) in [5.41, 5.74) is 1.78. The minimum absolute atomic E-state index is 0.349. The highest BCUT2D eigenvalue weighted by Gasteiger charge is 2.09. The summed E-state index contributed by atoms with van der Waals surface area (Å²) in [6.07, 6.45) is 1.49. The Morgan fingerprint density at radius 3 is 2.38 bits per heavy atom. The Morgan fingerprint density at radius 2 is 1.94 bits per heavy atom. The van der Waals surface area contributed by atoms with Gasteiger partial charge >= 0.3 is 0 Å². The van der Waals surface area contributed by atoms with Crippen LogP contribution in [0, 0.1) is 6.92 Å². The predicted molar refractivity (Wildman–Crippen MR) is 70.4 cm³/mol. The smallest absolute Gasteiger partial charge is 0.254 e. The van der Waals surface area contributed by atoms with E-state index in [1.807, 2.05) is 26.8 Å². The van der Waals surface area contributed by atoms with Crippen LogP contribution < -0.4 is 4.72 Å². The van der Waals surface area contributed by atoms with Gasteiger partial charge in [-0.3, -0.25) is 4.79 Å². The first-order chi connectivity index (χ1) is 7.50. The largest absolute Gasteiger partial charge is 0.305 e. The Bertz CT molecular complexity index is 394. The number of nitrogens with one attached hydrogen (secondary N) is 1. The zero-order valence-corrected chi connectivity index (χ0v) is 11.4. The first-order valence-electron chi connectivity index (χ1n) is 4.91. The Labute approximate surface area is 104 Å². The molecule has 0 amide bonds. The maximum atomic E-state index is 11.0. The molecule has 1 atom stereocenters. The molecule has 0 saturated carbocycles. The summed E-state index contributed by atoms with van der Waals surface area (Å²) >= 11 is 5.39. The third kappa shape index (κ3) is 4.77. The first-order valence-corrected chi connectivity index (χ1v) is 6.85. The van der Waals surface area contributed by atoms with Gasteiger partial charge in [0.15, 0.2) is 0 Å².